The number of nitrogens with zero attached hydrogens (tertiary/aromatic N) is 3. The molecule has 42 heavy (non-hydrogen) atoms. The molecule has 238 valence electrons. The zero-order valence-electron chi connectivity index (χ0n) is 27.8. The van der Waals surface area contributed by atoms with Gasteiger partial charge in [-0.05, 0) is 80.7 Å². The van der Waals surface area contributed by atoms with Crippen molar-refractivity contribution in [1.29, 1.82) is 0 Å². The summed E-state index contributed by atoms with van der Waals surface area (Å²) in [6.07, 6.45) is 6.98. The molecule has 0 spiro atoms. The topological polar surface area (TPSA) is 45.1 Å². The van der Waals surface area contributed by atoms with E-state index < -0.39 is 17.4 Å². The van der Waals surface area contributed by atoms with Crippen LogP contribution in [0.25, 0.3) is 0 Å². The third-order valence-corrected chi connectivity index (χ3v) is 6.59. The lowest BCUT2D eigenvalue weighted by atomic mass is 9.99. The van der Waals surface area contributed by atoms with Gasteiger partial charge in [-0.3, -0.25) is 4.99 Å². The van der Waals surface area contributed by atoms with Crippen LogP contribution in [0.2, 0.25) is 0 Å². The van der Waals surface area contributed by atoms with Crippen LogP contribution in [0.3, 0.4) is 0 Å². The zero-order chi connectivity index (χ0) is 32.7. The number of aliphatic imine (C=N–C) groups is 1. The van der Waals surface area contributed by atoms with E-state index in [1.807, 2.05) is 53.4 Å². The number of halogens is 3. The van der Waals surface area contributed by atoms with Crippen LogP contribution < -0.4 is 0 Å². The summed E-state index contributed by atoms with van der Waals surface area (Å²) in [5, 5.41) is 0. The molecule has 0 aromatic rings. The van der Waals surface area contributed by atoms with E-state index in [1.165, 1.54) is 23.4 Å². The summed E-state index contributed by atoms with van der Waals surface area (Å²) in [5.41, 5.74) is 4.17. The van der Waals surface area contributed by atoms with Gasteiger partial charge < -0.3 is 14.5 Å². The van der Waals surface area contributed by atoms with E-state index in [4.69, 9.17) is 4.74 Å². The number of ether oxygens (including phenoxy) is 1. The molecule has 0 bridgehead atoms. The van der Waals surface area contributed by atoms with Gasteiger partial charge in [0.2, 0.25) is 0 Å². The van der Waals surface area contributed by atoms with Crippen LogP contribution in [0.15, 0.2) is 76.1 Å². The second-order valence-electron chi connectivity index (χ2n) is 11.5. The molecule has 0 aromatic heterocycles. The van der Waals surface area contributed by atoms with Gasteiger partial charge in [0.05, 0.1) is 5.57 Å². The first-order valence-electron chi connectivity index (χ1n) is 14.8. The molecule has 0 aromatic carbocycles. The highest BCUT2D eigenvalue weighted by atomic mass is 19.4. The highest BCUT2D eigenvalue weighted by molar-refractivity contribution is 6.02. The minimum Gasteiger partial charge on any atom is -0.444 e. The molecule has 1 aliphatic heterocycles. The van der Waals surface area contributed by atoms with Gasteiger partial charge in [-0.2, -0.15) is 13.2 Å². The van der Waals surface area contributed by atoms with Crippen LogP contribution in [-0.4, -0.2) is 59.1 Å². The lowest BCUT2D eigenvalue weighted by molar-refractivity contribution is -0.0882. The number of piperazine rings is 1. The first-order valence-corrected chi connectivity index (χ1v) is 14.8. The van der Waals surface area contributed by atoms with Crippen LogP contribution in [0, 0.1) is 0 Å². The van der Waals surface area contributed by atoms with Gasteiger partial charge in [-0.1, -0.05) is 62.8 Å². The Hall–Kier alpha value is -3.03. The van der Waals surface area contributed by atoms with E-state index in [2.05, 4.69) is 43.3 Å². The largest absolute Gasteiger partial charge is 0.444 e. The fourth-order valence-electron chi connectivity index (χ4n) is 4.45. The number of hydrogen-bond donors (Lipinski definition) is 0. The zero-order valence-corrected chi connectivity index (χ0v) is 27.8. The van der Waals surface area contributed by atoms with Crippen LogP contribution in [-0.2, 0) is 4.74 Å². The van der Waals surface area contributed by atoms with Crippen molar-refractivity contribution in [2.75, 3.05) is 19.6 Å². The summed E-state index contributed by atoms with van der Waals surface area (Å²) in [6.45, 7) is 27.5. The highest BCUT2D eigenvalue weighted by Crippen LogP contribution is 2.28. The molecule has 1 aliphatic rings. The average Bonchev–Trinajstić information content (AvgIpc) is 2.87. The summed E-state index contributed by atoms with van der Waals surface area (Å²) < 4.78 is 43.3. The third kappa shape index (κ3) is 14.2. The molecular formula is C34H54F3N3O2. The molecular weight excluding hydrogens is 539 g/mol. The summed E-state index contributed by atoms with van der Waals surface area (Å²) in [4.78, 5) is 21.0. The van der Waals surface area contributed by atoms with Crippen LogP contribution >= 0.6 is 0 Å². The van der Waals surface area contributed by atoms with Crippen molar-refractivity contribution in [1.82, 2.24) is 9.80 Å². The van der Waals surface area contributed by atoms with E-state index in [-0.39, 0.29) is 12.1 Å². The van der Waals surface area contributed by atoms with Gasteiger partial charge >= 0.3 is 12.3 Å². The van der Waals surface area contributed by atoms with Crippen LogP contribution in [0.5, 0.6) is 0 Å². The summed E-state index contributed by atoms with van der Waals surface area (Å²) in [6, 6.07) is 0.0809. The first kappa shape index (κ1) is 39.0. The summed E-state index contributed by atoms with van der Waals surface area (Å²) in [5.74, 6) is 0. The Morgan fingerprint density at radius 3 is 2.17 bits per heavy atom. The van der Waals surface area contributed by atoms with E-state index in [0.29, 0.717) is 13.0 Å². The lowest BCUT2D eigenvalue weighted by Gasteiger charge is -2.42. The van der Waals surface area contributed by atoms with Crippen molar-refractivity contribution in [3.05, 3.63) is 71.1 Å². The Morgan fingerprint density at radius 2 is 1.71 bits per heavy atom. The standard InChI is InChI=1S/C21H35N3O2.C13H19F3/c1-10-15(3)19(17(5)22-11-2)18(6)23-12-13-24(16(4)14-23)20(25)26-21(7,8)9;1-4-6-7-9-12(13(14,15)16)10-11(3)8-5-2/h10-11,16H,2,12-14H2,1,3-9H3;6-7,9-10H,4-5,8H2,1-3H3/b15-10-,19-18+,22-17?;7-6+,11-10+,12-9+. The van der Waals surface area contributed by atoms with Crippen molar-refractivity contribution >= 4 is 11.8 Å². The normalized spacial score (nSPS) is 18.5. The molecule has 0 radical (unpaired) electrons. The molecule has 1 atom stereocenters. The van der Waals surface area contributed by atoms with E-state index in [1.54, 1.807) is 19.2 Å². The van der Waals surface area contributed by atoms with Crippen LogP contribution in [0.4, 0.5) is 18.0 Å². The molecule has 0 aliphatic carbocycles. The third-order valence-electron chi connectivity index (χ3n) is 6.59. The maximum Gasteiger partial charge on any atom is 0.416 e. The van der Waals surface area contributed by atoms with Gasteiger partial charge in [0, 0.05) is 48.9 Å². The first-order chi connectivity index (χ1) is 19.4. The van der Waals surface area contributed by atoms with Gasteiger partial charge in [0.15, 0.2) is 0 Å². The average molecular weight is 594 g/mol. The van der Waals surface area contributed by atoms with Gasteiger partial charge in [0.25, 0.3) is 0 Å². The molecule has 1 heterocycles. The second kappa shape index (κ2) is 18.5. The quantitative estimate of drug-likeness (QED) is 0.197. The van der Waals surface area contributed by atoms with Crippen molar-refractivity contribution in [2.24, 2.45) is 4.99 Å². The number of allylic oxidation sites excluding steroid dienone is 10. The Balaban J connectivity index is 0.000000903. The van der Waals surface area contributed by atoms with Gasteiger partial charge in [-0.15, -0.1) is 0 Å². The van der Waals surface area contributed by atoms with Gasteiger partial charge in [-0.25, -0.2) is 4.79 Å². The number of hydrogen-bond acceptors (Lipinski definition) is 4. The predicted molar refractivity (Wildman–Crippen MR) is 172 cm³/mol. The molecule has 1 rings (SSSR count). The molecule has 0 saturated carbocycles. The molecule has 1 unspecified atom stereocenters. The molecule has 0 N–H and O–H groups in total. The number of carbonyl (C=O) groups excluding carboxylic acids is 1. The minimum atomic E-state index is -4.27. The second-order valence-corrected chi connectivity index (χ2v) is 11.5. The smallest absolute Gasteiger partial charge is 0.416 e. The number of alkyl halides is 3. The number of rotatable bonds is 9. The van der Waals surface area contributed by atoms with Crippen molar-refractivity contribution in [3.63, 3.8) is 0 Å². The summed E-state index contributed by atoms with van der Waals surface area (Å²) >= 11 is 0. The molecule has 1 saturated heterocycles. The van der Waals surface area contributed by atoms with Crippen molar-refractivity contribution in [2.45, 2.75) is 113 Å². The highest BCUT2D eigenvalue weighted by Gasteiger charge is 2.32. The maximum absolute atomic E-state index is 12.6. The lowest BCUT2D eigenvalue weighted by Crippen LogP contribution is -2.54. The Kier molecular flexibility index (Phi) is 17.2. The maximum atomic E-state index is 12.6. The number of amides is 1. The Morgan fingerprint density at radius 1 is 1.10 bits per heavy atom. The minimum absolute atomic E-state index is 0.0809. The monoisotopic (exact) mass is 593 g/mol. The van der Waals surface area contributed by atoms with Crippen molar-refractivity contribution in [3.8, 4) is 0 Å². The van der Waals surface area contributed by atoms with E-state index >= 15 is 0 Å². The SMILES string of the molecule is C=CN=C(C)C(/C(C)=C\C)=C(\C)N1CCN(C(=O)OC(C)(C)C)C(C)C1.CC/C=C/C=C(\C=C(/C)CCC)C(F)(F)F. The molecule has 1 amide bonds. The Labute approximate surface area is 253 Å². The fourth-order valence-corrected chi connectivity index (χ4v) is 4.45. The van der Waals surface area contributed by atoms with Crippen molar-refractivity contribution < 1.29 is 22.7 Å². The predicted octanol–water partition coefficient (Wildman–Crippen LogP) is 9.96. The summed E-state index contributed by atoms with van der Waals surface area (Å²) in [7, 11) is 0. The number of carbonyl (C=O) groups is 1. The van der Waals surface area contributed by atoms with E-state index in [0.717, 1.165) is 48.9 Å². The Bertz CT molecular complexity index is 1070. The van der Waals surface area contributed by atoms with Gasteiger partial charge in [0.1, 0.15) is 5.60 Å². The molecule has 1 fully saturated rings. The molecule has 8 heteroatoms. The fraction of sp³-hybridized carbons (Fsp3) is 0.588. The van der Waals surface area contributed by atoms with Crippen LogP contribution in [0.1, 0.15) is 95.4 Å². The molecule has 5 nitrogen and oxygen atoms in total. The van der Waals surface area contributed by atoms with E-state index in [9.17, 15) is 18.0 Å².